The summed E-state index contributed by atoms with van der Waals surface area (Å²) in [5, 5.41) is 0. The topological polar surface area (TPSA) is 8.81 Å². The van der Waals surface area contributed by atoms with E-state index in [0.717, 1.165) is 25.9 Å². The van der Waals surface area contributed by atoms with Gasteiger partial charge in [-0.15, -0.1) is 0 Å². The van der Waals surface area contributed by atoms with Crippen LogP contribution in [0.1, 0.15) is 229 Å². The second kappa shape index (κ2) is 30.9. The largest absolute Gasteiger partial charge is 0.261 e. The van der Waals surface area contributed by atoms with E-state index in [4.69, 9.17) is 0 Å². The number of rotatable bonds is 35. The minimum absolute atomic E-state index is 0.514. The van der Waals surface area contributed by atoms with Crippen molar-refractivity contribution in [2.45, 2.75) is 232 Å². The normalized spacial score (nSPS) is 12.1. The van der Waals surface area contributed by atoms with Gasteiger partial charge in [-0.1, -0.05) is 236 Å². The van der Waals surface area contributed by atoms with E-state index in [1.165, 1.54) is 202 Å². The number of nitrogens with zero attached hydrogens (tertiary/aromatic N) is 2. The lowest BCUT2D eigenvalue weighted by atomic mass is 9.96. The Bertz CT molecular complexity index is 1230. The maximum Gasteiger partial charge on any atom is 0.261 e. The van der Waals surface area contributed by atoms with Crippen LogP contribution in [0.4, 0.5) is 0 Å². The van der Waals surface area contributed by atoms with Gasteiger partial charge in [0.2, 0.25) is 0 Å². The minimum atomic E-state index is 0.514. The number of unbranched alkanes of at least 4 members (excludes halogenated alkanes) is 26. The van der Waals surface area contributed by atoms with Gasteiger partial charge < -0.3 is 0 Å². The Morgan fingerprint density at radius 1 is 0.472 bits per heavy atom. The zero-order chi connectivity index (χ0) is 37.4. The van der Waals surface area contributed by atoms with Crippen LogP contribution in [0.15, 0.2) is 66.9 Å². The minimum Gasteiger partial charge on any atom is -0.234 e. The van der Waals surface area contributed by atoms with Crippen molar-refractivity contribution in [3.05, 3.63) is 89.5 Å². The van der Waals surface area contributed by atoms with Crippen molar-refractivity contribution in [1.82, 2.24) is 4.57 Å². The fraction of sp³-hybridized carbons (Fsp3) is 0.706. The van der Waals surface area contributed by atoms with E-state index < -0.39 is 0 Å². The highest BCUT2D eigenvalue weighted by molar-refractivity contribution is 5.22. The van der Waals surface area contributed by atoms with E-state index >= 15 is 0 Å². The van der Waals surface area contributed by atoms with E-state index in [2.05, 4.69) is 96.8 Å². The zero-order valence-electron chi connectivity index (χ0n) is 35.5. The molecule has 0 saturated heterocycles. The third-order valence-corrected chi connectivity index (χ3v) is 11.9. The highest BCUT2D eigenvalue weighted by atomic mass is 15.2. The van der Waals surface area contributed by atoms with Gasteiger partial charge in [-0.05, 0) is 42.7 Å². The molecule has 1 unspecified atom stereocenters. The molecule has 0 radical (unpaired) electrons. The summed E-state index contributed by atoms with van der Waals surface area (Å²) >= 11 is 0. The first-order chi connectivity index (χ1) is 26.2. The molecule has 0 N–H and O–H groups in total. The first-order valence-corrected chi connectivity index (χ1v) is 23.4. The van der Waals surface area contributed by atoms with Gasteiger partial charge in [0.1, 0.15) is 11.9 Å². The molecular formula is C51H85N2+. The summed E-state index contributed by atoms with van der Waals surface area (Å²) in [7, 11) is 0. The summed E-state index contributed by atoms with van der Waals surface area (Å²) in [4.78, 5) is 0. The monoisotopic (exact) mass is 726 g/mol. The Hall–Kier alpha value is -2.35. The average molecular weight is 726 g/mol. The van der Waals surface area contributed by atoms with Crippen molar-refractivity contribution in [2.75, 3.05) is 0 Å². The van der Waals surface area contributed by atoms with Crippen LogP contribution >= 0.6 is 0 Å². The molecule has 1 atom stereocenters. The van der Waals surface area contributed by atoms with E-state index in [9.17, 15) is 0 Å². The molecule has 0 bridgehead atoms. The Labute approximate surface area is 330 Å². The molecule has 3 rings (SSSR count). The smallest absolute Gasteiger partial charge is 0.234 e. The maximum absolute atomic E-state index is 2.76. The molecule has 298 valence electrons. The molecule has 0 spiro atoms. The molecule has 1 aromatic heterocycles. The van der Waals surface area contributed by atoms with Crippen molar-refractivity contribution in [2.24, 2.45) is 0 Å². The van der Waals surface area contributed by atoms with Crippen LogP contribution in [0, 0.1) is 0 Å². The summed E-state index contributed by atoms with van der Waals surface area (Å²) in [6.45, 7) is 9.35. The molecule has 1 heterocycles. The molecule has 53 heavy (non-hydrogen) atoms. The Kier molecular flexibility index (Phi) is 26.3. The summed E-state index contributed by atoms with van der Waals surface area (Å²) in [6.07, 6.45) is 44.3. The molecule has 2 aromatic carbocycles. The van der Waals surface area contributed by atoms with Crippen molar-refractivity contribution >= 4 is 0 Å². The first-order valence-electron chi connectivity index (χ1n) is 23.4. The molecule has 0 aliphatic rings. The van der Waals surface area contributed by atoms with Crippen molar-refractivity contribution < 1.29 is 4.57 Å². The van der Waals surface area contributed by atoms with Crippen LogP contribution in [0.2, 0.25) is 0 Å². The standard InChI is InChI=1S/C51H85N2/c1-4-6-8-10-12-14-16-18-19-20-21-22-24-26-28-36-42-52-46-50(44-47(3)49-40-34-31-35-41-49)53(51(52)45-48-38-32-30-33-39-48)43-37-29-27-25-23-17-15-13-11-9-7-5-2/h30-35,38-41,46-47H,4-29,36-37,42-45H2,1-3H3/q+1. The highest BCUT2D eigenvalue weighted by Crippen LogP contribution is 2.23. The van der Waals surface area contributed by atoms with Crippen molar-refractivity contribution in [3.63, 3.8) is 0 Å². The van der Waals surface area contributed by atoms with Gasteiger partial charge in [-0.25, -0.2) is 9.13 Å². The lowest BCUT2D eigenvalue weighted by molar-refractivity contribution is -0.704. The van der Waals surface area contributed by atoms with E-state index in [-0.39, 0.29) is 0 Å². The highest BCUT2D eigenvalue weighted by Gasteiger charge is 2.25. The summed E-state index contributed by atoms with van der Waals surface area (Å²) < 4.78 is 5.43. The van der Waals surface area contributed by atoms with Crippen LogP contribution in [0.5, 0.6) is 0 Å². The van der Waals surface area contributed by atoms with Crippen LogP contribution in [-0.2, 0) is 25.9 Å². The molecule has 0 saturated carbocycles. The number of hydrogen-bond acceptors (Lipinski definition) is 0. The van der Waals surface area contributed by atoms with Gasteiger partial charge in [0.15, 0.2) is 0 Å². The van der Waals surface area contributed by atoms with Crippen LogP contribution < -0.4 is 4.57 Å². The lowest BCUT2D eigenvalue weighted by Crippen LogP contribution is -2.37. The Morgan fingerprint density at radius 2 is 0.868 bits per heavy atom. The third-order valence-electron chi connectivity index (χ3n) is 11.9. The molecule has 0 aliphatic heterocycles. The molecule has 3 aromatic rings. The number of hydrogen-bond donors (Lipinski definition) is 0. The summed E-state index contributed by atoms with van der Waals surface area (Å²) in [5.41, 5.74) is 4.43. The van der Waals surface area contributed by atoms with Crippen molar-refractivity contribution in [3.8, 4) is 0 Å². The maximum atomic E-state index is 2.76. The molecule has 0 fully saturated rings. The van der Waals surface area contributed by atoms with Gasteiger partial charge in [-0.2, -0.15) is 0 Å². The second-order valence-corrected chi connectivity index (χ2v) is 16.8. The molecule has 2 heteroatoms. The predicted octanol–water partition coefficient (Wildman–Crippen LogP) is 15.7. The van der Waals surface area contributed by atoms with Gasteiger partial charge in [0.05, 0.1) is 19.5 Å². The summed E-state index contributed by atoms with van der Waals surface area (Å²) in [6, 6.07) is 22.4. The quantitative estimate of drug-likeness (QED) is 0.0422. The van der Waals surface area contributed by atoms with Crippen LogP contribution in [0.25, 0.3) is 0 Å². The molecule has 0 amide bonds. The van der Waals surface area contributed by atoms with Crippen molar-refractivity contribution in [1.29, 1.82) is 0 Å². The van der Waals surface area contributed by atoms with E-state index in [0.29, 0.717) is 5.92 Å². The van der Waals surface area contributed by atoms with E-state index in [1.807, 2.05) is 0 Å². The predicted molar refractivity (Wildman–Crippen MR) is 233 cm³/mol. The number of benzene rings is 2. The lowest BCUT2D eigenvalue weighted by Gasteiger charge is -2.12. The zero-order valence-corrected chi connectivity index (χ0v) is 35.5. The number of aryl methyl sites for hydroxylation is 1. The molecular weight excluding hydrogens is 641 g/mol. The van der Waals surface area contributed by atoms with Crippen LogP contribution in [0.3, 0.4) is 0 Å². The first kappa shape index (κ1) is 45.0. The number of aromatic nitrogens is 2. The van der Waals surface area contributed by atoms with Gasteiger partial charge >= 0.3 is 0 Å². The van der Waals surface area contributed by atoms with E-state index in [1.54, 1.807) is 0 Å². The van der Waals surface area contributed by atoms with Gasteiger partial charge in [0.25, 0.3) is 5.82 Å². The summed E-state index contributed by atoms with van der Waals surface area (Å²) in [5.74, 6) is 2.04. The van der Waals surface area contributed by atoms with Crippen LogP contribution in [-0.4, -0.2) is 4.57 Å². The van der Waals surface area contributed by atoms with Gasteiger partial charge in [0, 0.05) is 6.42 Å². The molecule has 0 aliphatic carbocycles. The fourth-order valence-corrected chi connectivity index (χ4v) is 8.40. The van der Waals surface area contributed by atoms with Gasteiger partial charge in [-0.3, -0.25) is 0 Å². The average Bonchev–Trinajstić information content (AvgIpc) is 3.50. The SMILES string of the molecule is CCCCCCCCCCCCCCCCCC[n+]1cc(CC(C)c2ccccc2)n(CCCCCCCCCCCCCC)c1Cc1ccccc1. The Balaban J connectivity index is 1.49. The Morgan fingerprint density at radius 3 is 1.32 bits per heavy atom. The molecule has 2 nitrogen and oxygen atoms in total. The number of imidazole rings is 1. The fourth-order valence-electron chi connectivity index (χ4n) is 8.40. The third kappa shape index (κ3) is 20.8. The second-order valence-electron chi connectivity index (χ2n) is 16.8.